The van der Waals surface area contributed by atoms with Crippen LogP contribution in [0.15, 0.2) is 18.5 Å². The lowest BCUT2D eigenvalue weighted by Gasteiger charge is -2.37. The fraction of sp³-hybridized carbons (Fsp3) is 0.625. The minimum absolute atomic E-state index is 0.291. The molecule has 2 rings (SSSR count). The lowest BCUT2D eigenvalue weighted by atomic mass is 10.1. The molecule has 0 saturated carbocycles. The summed E-state index contributed by atoms with van der Waals surface area (Å²) < 4.78 is 0. The van der Waals surface area contributed by atoms with Crippen molar-refractivity contribution in [1.29, 1.82) is 0 Å². The number of carbonyl (C=O) groups is 2. The zero-order valence-electron chi connectivity index (χ0n) is 14.7. The van der Waals surface area contributed by atoms with Crippen LogP contribution < -0.4 is 15.5 Å². The maximum atomic E-state index is 12.2. The van der Waals surface area contributed by atoms with Crippen LogP contribution in [0.25, 0.3) is 0 Å². The Morgan fingerprint density at radius 3 is 2.25 bits per heavy atom. The maximum absolute atomic E-state index is 12.2. The number of hydrogen-bond acceptors (Lipinski definition) is 6. The first-order chi connectivity index (χ1) is 11.3. The molecule has 1 aromatic rings. The van der Waals surface area contributed by atoms with Crippen LogP contribution in [0.2, 0.25) is 0 Å². The molecule has 0 aliphatic carbocycles. The smallest absolute Gasteiger partial charge is 0.321 e. The molecular weight excluding hydrogens is 308 g/mol. The second kappa shape index (κ2) is 7.57. The van der Waals surface area contributed by atoms with Gasteiger partial charge in [0.15, 0.2) is 0 Å². The Morgan fingerprint density at radius 1 is 1.12 bits per heavy atom. The van der Waals surface area contributed by atoms with Crippen molar-refractivity contribution in [3.8, 4) is 0 Å². The minimum Gasteiger partial charge on any atom is -0.338 e. The van der Waals surface area contributed by atoms with Crippen molar-refractivity contribution in [2.75, 3.05) is 31.1 Å². The van der Waals surface area contributed by atoms with Crippen molar-refractivity contribution in [2.24, 2.45) is 0 Å². The molecule has 2 heterocycles. The molecule has 8 heteroatoms. The Balaban J connectivity index is 1.82. The number of anilines is 1. The van der Waals surface area contributed by atoms with Crippen LogP contribution in [0.3, 0.4) is 0 Å². The van der Waals surface area contributed by atoms with Crippen LogP contribution >= 0.6 is 0 Å². The summed E-state index contributed by atoms with van der Waals surface area (Å²) in [6.07, 6.45) is 3.44. The largest absolute Gasteiger partial charge is 0.338 e. The molecule has 24 heavy (non-hydrogen) atoms. The number of carbonyl (C=O) groups excluding carboxylic acids is 2. The normalized spacial score (nSPS) is 17.2. The highest BCUT2D eigenvalue weighted by Crippen LogP contribution is 2.11. The van der Waals surface area contributed by atoms with Gasteiger partial charge in [0.2, 0.25) is 11.9 Å². The van der Waals surface area contributed by atoms with Crippen LogP contribution in [-0.2, 0) is 4.79 Å². The SMILES string of the molecule is C[C@@H](C(=O)NC(=O)NC(C)(C)C)N1CCN(c2ncccn2)CC1. The highest BCUT2D eigenvalue weighted by Gasteiger charge is 2.27. The van der Waals surface area contributed by atoms with Gasteiger partial charge in [0.05, 0.1) is 6.04 Å². The number of urea groups is 1. The molecule has 1 aliphatic heterocycles. The van der Waals surface area contributed by atoms with Crippen molar-refractivity contribution in [2.45, 2.75) is 39.3 Å². The van der Waals surface area contributed by atoms with E-state index in [0.717, 1.165) is 13.1 Å². The molecule has 3 amide bonds. The quantitative estimate of drug-likeness (QED) is 0.842. The van der Waals surface area contributed by atoms with Crippen molar-refractivity contribution >= 4 is 17.9 Å². The maximum Gasteiger partial charge on any atom is 0.321 e. The lowest BCUT2D eigenvalue weighted by Crippen LogP contribution is -2.57. The van der Waals surface area contributed by atoms with Crippen LogP contribution in [0, 0.1) is 0 Å². The molecule has 0 unspecified atom stereocenters. The Hall–Kier alpha value is -2.22. The molecular formula is C16H26N6O2. The Bertz CT molecular complexity index is 564. The second-order valence-corrected chi connectivity index (χ2v) is 6.94. The predicted molar refractivity (Wildman–Crippen MR) is 91.7 cm³/mol. The summed E-state index contributed by atoms with van der Waals surface area (Å²) in [6, 6.07) is 0.958. The van der Waals surface area contributed by atoms with Gasteiger partial charge in [0.1, 0.15) is 0 Å². The van der Waals surface area contributed by atoms with Crippen molar-refractivity contribution in [3.05, 3.63) is 18.5 Å². The van der Waals surface area contributed by atoms with Gasteiger partial charge in [-0.25, -0.2) is 14.8 Å². The number of rotatable bonds is 3. The lowest BCUT2D eigenvalue weighted by molar-refractivity contribution is -0.124. The highest BCUT2D eigenvalue weighted by molar-refractivity contribution is 5.97. The van der Waals surface area contributed by atoms with E-state index in [1.165, 1.54) is 0 Å². The van der Waals surface area contributed by atoms with Gasteiger partial charge in [0.25, 0.3) is 0 Å². The molecule has 1 fully saturated rings. The first-order valence-corrected chi connectivity index (χ1v) is 8.15. The molecule has 2 N–H and O–H groups in total. The van der Waals surface area contributed by atoms with E-state index in [1.54, 1.807) is 18.5 Å². The van der Waals surface area contributed by atoms with Crippen LogP contribution in [0.1, 0.15) is 27.7 Å². The molecule has 132 valence electrons. The van der Waals surface area contributed by atoms with E-state index >= 15 is 0 Å². The molecule has 0 spiro atoms. The van der Waals surface area contributed by atoms with E-state index in [9.17, 15) is 9.59 Å². The molecule has 1 aliphatic rings. The van der Waals surface area contributed by atoms with Gasteiger partial charge >= 0.3 is 6.03 Å². The minimum atomic E-state index is -0.462. The third-order valence-corrected chi connectivity index (χ3v) is 3.80. The van der Waals surface area contributed by atoms with Gasteiger partial charge in [-0.1, -0.05) is 0 Å². The van der Waals surface area contributed by atoms with Gasteiger partial charge in [-0.15, -0.1) is 0 Å². The topological polar surface area (TPSA) is 90.5 Å². The summed E-state index contributed by atoms with van der Waals surface area (Å²) in [5.74, 6) is 0.417. The third kappa shape index (κ3) is 5.16. The monoisotopic (exact) mass is 334 g/mol. The van der Waals surface area contributed by atoms with Gasteiger partial charge in [0, 0.05) is 44.1 Å². The van der Waals surface area contributed by atoms with Crippen LogP contribution in [0.4, 0.5) is 10.7 Å². The first kappa shape index (κ1) is 18.1. The van der Waals surface area contributed by atoms with Gasteiger partial charge in [-0.3, -0.25) is 15.0 Å². The van der Waals surface area contributed by atoms with Crippen molar-refractivity contribution < 1.29 is 9.59 Å². The summed E-state index contributed by atoms with van der Waals surface area (Å²) in [6.45, 7) is 10.3. The molecule has 0 bridgehead atoms. The standard InChI is InChI=1S/C16H26N6O2/c1-12(13(23)19-15(24)20-16(2,3)4)21-8-10-22(11-9-21)14-17-6-5-7-18-14/h5-7,12H,8-11H2,1-4H3,(H2,19,20,23,24)/t12-/m0/s1. The molecule has 1 aromatic heterocycles. The van der Waals surface area contributed by atoms with Crippen molar-refractivity contribution in [3.63, 3.8) is 0 Å². The molecule has 1 saturated heterocycles. The van der Waals surface area contributed by atoms with E-state index in [1.807, 2.05) is 27.7 Å². The predicted octanol–water partition coefficient (Wildman–Crippen LogP) is 0.611. The van der Waals surface area contributed by atoms with Crippen LogP contribution in [-0.4, -0.2) is 64.6 Å². The Labute approximate surface area is 142 Å². The van der Waals surface area contributed by atoms with E-state index < -0.39 is 6.03 Å². The average molecular weight is 334 g/mol. The van der Waals surface area contributed by atoms with Crippen LogP contribution in [0.5, 0.6) is 0 Å². The Kier molecular flexibility index (Phi) is 5.71. The fourth-order valence-electron chi connectivity index (χ4n) is 2.52. The number of nitrogens with zero attached hydrogens (tertiary/aromatic N) is 4. The van der Waals surface area contributed by atoms with Gasteiger partial charge in [-0.05, 0) is 33.8 Å². The molecule has 8 nitrogen and oxygen atoms in total. The number of aromatic nitrogens is 2. The van der Waals surface area contributed by atoms with E-state index in [-0.39, 0.29) is 17.5 Å². The van der Waals surface area contributed by atoms with Gasteiger partial charge < -0.3 is 10.2 Å². The number of amides is 3. The van der Waals surface area contributed by atoms with E-state index in [2.05, 4.69) is 30.4 Å². The molecule has 0 aromatic carbocycles. The van der Waals surface area contributed by atoms with E-state index in [0.29, 0.717) is 19.0 Å². The number of hydrogen-bond donors (Lipinski definition) is 2. The summed E-state index contributed by atoms with van der Waals surface area (Å²) in [5.41, 5.74) is -0.380. The summed E-state index contributed by atoms with van der Waals surface area (Å²) in [5, 5.41) is 5.13. The van der Waals surface area contributed by atoms with Crippen molar-refractivity contribution in [1.82, 2.24) is 25.5 Å². The second-order valence-electron chi connectivity index (χ2n) is 6.94. The first-order valence-electron chi connectivity index (χ1n) is 8.15. The number of piperazine rings is 1. The zero-order valence-corrected chi connectivity index (χ0v) is 14.7. The Morgan fingerprint density at radius 2 is 1.71 bits per heavy atom. The molecule has 1 atom stereocenters. The molecule has 0 radical (unpaired) electrons. The number of imide groups is 1. The zero-order chi connectivity index (χ0) is 17.7. The summed E-state index contributed by atoms with van der Waals surface area (Å²) >= 11 is 0. The fourth-order valence-corrected chi connectivity index (χ4v) is 2.52. The summed E-state index contributed by atoms with van der Waals surface area (Å²) in [7, 11) is 0. The highest BCUT2D eigenvalue weighted by atomic mass is 16.2. The summed E-state index contributed by atoms with van der Waals surface area (Å²) in [4.78, 5) is 36.7. The third-order valence-electron chi connectivity index (χ3n) is 3.80. The average Bonchev–Trinajstić information content (AvgIpc) is 2.53. The van der Waals surface area contributed by atoms with E-state index in [4.69, 9.17) is 0 Å². The van der Waals surface area contributed by atoms with Gasteiger partial charge in [-0.2, -0.15) is 0 Å². The number of nitrogens with one attached hydrogen (secondary N) is 2.